The van der Waals surface area contributed by atoms with E-state index in [9.17, 15) is 9.59 Å². The molecule has 0 aromatic heterocycles. The third-order valence-corrected chi connectivity index (χ3v) is 4.28. The van der Waals surface area contributed by atoms with Crippen LogP contribution in [0.3, 0.4) is 0 Å². The molecule has 1 unspecified atom stereocenters. The van der Waals surface area contributed by atoms with Crippen LogP contribution in [0.2, 0.25) is 0 Å². The van der Waals surface area contributed by atoms with Crippen molar-refractivity contribution in [1.82, 2.24) is 5.32 Å². The summed E-state index contributed by atoms with van der Waals surface area (Å²) in [5, 5.41) is 8.98. The van der Waals surface area contributed by atoms with Gasteiger partial charge in [0.1, 0.15) is 0 Å². The van der Waals surface area contributed by atoms with Crippen LogP contribution in [0, 0.1) is 0 Å². The molecule has 144 valence electrons. The Labute approximate surface area is 161 Å². The molecule has 0 aliphatic rings. The van der Waals surface area contributed by atoms with Crippen LogP contribution >= 0.6 is 0 Å². The lowest BCUT2D eigenvalue weighted by Gasteiger charge is -2.15. The number of nitrogens with one attached hydrogen (secondary N) is 3. The lowest BCUT2D eigenvalue weighted by molar-refractivity contribution is -0.120. The van der Waals surface area contributed by atoms with Crippen molar-refractivity contribution in [2.45, 2.75) is 45.6 Å². The Balaban J connectivity index is 1.80. The van der Waals surface area contributed by atoms with Crippen LogP contribution in [0.15, 0.2) is 54.6 Å². The van der Waals surface area contributed by atoms with Gasteiger partial charge in [-0.25, -0.2) is 0 Å². The summed E-state index contributed by atoms with van der Waals surface area (Å²) in [6.07, 6.45) is 3.59. The maximum Gasteiger partial charge on any atom is 0.239 e. The van der Waals surface area contributed by atoms with E-state index in [0.29, 0.717) is 6.42 Å². The molecule has 2 aromatic carbocycles. The molecule has 2 amide bonds. The number of amides is 2. The Morgan fingerprint density at radius 3 is 2.41 bits per heavy atom. The van der Waals surface area contributed by atoms with E-state index in [2.05, 4.69) is 22.9 Å². The van der Waals surface area contributed by atoms with Crippen LogP contribution < -0.4 is 16.0 Å². The first kappa shape index (κ1) is 20.5. The van der Waals surface area contributed by atoms with Crippen molar-refractivity contribution in [3.63, 3.8) is 0 Å². The molecule has 0 fully saturated rings. The largest absolute Gasteiger partial charge is 0.376 e. The number of anilines is 2. The van der Waals surface area contributed by atoms with E-state index in [1.165, 1.54) is 0 Å². The molecule has 0 aliphatic carbocycles. The SMILES string of the molecule is CCCCCC(=O)Nc1cccc(NCC(=O)NC(C)c2ccccc2)c1. The quantitative estimate of drug-likeness (QED) is 0.542. The van der Waals surface area contributed by atoms with Crippen molar-refractivity contribution in [2.24, 2.45) is 0 Å². The first-order chi connectivity index (χ1) is 13.1. The van der Waals surface area contributed by atoms with E-state index >= 15 is 0 Å². The molecule has 0 saturated heterocycles. The molecule has 0 saturated carbocycles. The average Bonchev–Trinajstić information content (AvgIpc) is 2.67. The Morgan fingerprint density at radius 1 is 0.926 bits per heavy atom. The van der Waals surface area contributed by atoms with Gasteiger partial charge in [0.2, 0.25) is 11.8 Å². The summed E-state index contributed by atoms with van der Waals surface area (Å²) in [5.41, 5.74) is 2.60. The summed E-state index contributed by atoms with van der Waals surface area (Å²) >= 11 is 0. The minimum absolute atomic E-state index is 0.0232. The highest BCUT2D eigenvalue weighted by Gasteiger charge is 2.09. The molecule has 5 heteroatoms. The van der Waals surface area contributed by atoms with Gasteiger partial charge >= 0.3 is 0 Å². The molecule has 0 spiro atoms. The fraction of sp³-hybridized carbons (Fsp3) is 0.364. The number of hydrogen-bond acceptors (Lipinski definition) is 3. The molecular weight excluding hydrogens is 338 g/mol. The first-order valence-corrected chi connectivity index (χ1v) is 9.56. The maximum atomic E-state index is 12.2. The lowest BCUT2D eigenvalue weighted by atomic mass is 10.1. The van der Waals surface area contributed by atoms with Gasteiger partial charge < -0.3 is 16.0 Å². The number of benzene rings is 2. The Hall–Kier alpha value is -2.82. The third kappa shape index (κ3) is 7.52. The molecule has 3 N–H and O–H groups in total. The van der Waals surface area contributed by atoms with Gasteiger partial charge in [0, 0.05) is 17.8 Å². The predicted octanol–water partition coefficient (Wildman–Crippen LogP) is 4.49. The van der Waals surface area contributed by atoms with Crippen LogP contribution in [0.4, 0.5) is 11.4 Å². The molecule has 5 nitrogen and oxygen atoms in total. The van der Waals surface area contributed by atoms with Crippen LogP contribution in [0.1, 0.15) is 51.1 Å². The normalized spacial score (nSPS) is 11.5. The van der Waals surface area contributed by atoms with E-state index in [0.717, 1.165) is 36.2 Å². The van der Waals surface area contributed by atoms with Crippen LogP contribution in [0.5, 0.6) is 0 Å². The molecule has 0 bridgehead atoms. The predicted molar refractivity (Wildman–Crippen MR) is 111 cm³/mol. The molecule has 0 heterocycles. The zero-order chi connectivity index (χ0) is 19.5. The van der Waals surface area contributed by atoms with E-state index in [-0.39, 0.29) is 24.4 Å². The van der Waals surface area contributed by atoms with Crippen LogP contribution in [0.25, 0.3) is 0 Å². The zero-order valence-corrected chi connectivity index (χ0v) is 16.1. The van der Waals surface area contributed by atoms with E-state index in [4.69, 9.17) is 0 Å². The van der Waals surface area contributed by atoms with Gasteiger partial charge in [0.15, 0.2) is 0 Å². The summed E-state index contributed by atoms with van der Waals surface area (Å²) in [6, 6.07) is 17.2. The maximum absolute atomic E-state index is 12.2. The number of carbonyl (C=O) groups is 2. The molecule has 0 aliphatic heterocycles. The van der Waals surface area contributed by atoms with Crippen molar-refractivity contribution >= 4 is 23.2 Å². The highest BCUT2D eigenvalue weighted by molar-refractivity contribution is 5.91. The number of rotatable bonds is 10. The fourth-order valence-corrected chi connectivity index (χ4v) is 2.77. The summed E-state index contributed by atoms with van der Waals surface area (Å²) < 4.78 is 0. The standard InChI is InChI=1S/C22H29N3O2/c1-3-4-6-14-21(26)25-20-13-9-12-19(15-20)23-16-22(27)24-17(2)18-10-7-5-8-11-18/h5,7-13,15,17,23H,3-4,6,14,16H2,1-2H3,(H,24,27)(H,25,26). The summed E-state index contributed by atoms with van der Waals surface area (Å²) in [6.45, 7) is 4.25. The molecule has 1 atom stereocenters. The van der Waals surface area contributed by atoms with Crippen molar-refractivity contribution in [1.29, 1.82) is 0 Å². The van der Waals surface area contributed by atoms with Crippen LogP contribution in [-0.4, -0.2) is 18.4 Å². The van der Waals surface area contributed by atoms with Crippen molar-refractivity contribution in [2.75, 3.05) is 17.2 Å². The number of unbranched alkanes of at least 4 members (excludes halogenated alkanes) is 2. The molecule has 2 aromatic rings. The van der Waals surface area contributed by atoms with Gasteiger partial charge in [-0.3, -0.25) is 9.59 Å². The summed E-state index contributed by atoms with van der Waals surface area (Å²) in [4.78, 5) is 24.1. The van der Waals surface area contributed by atoms with Gasteiger partial charge in [0.05, 0.1) is 12.6 Å². The Bertz CT molecular complexity index is 731. The van der Waals surface area contributed by atoms with Crippen molar-refractivity contribution < 1.29 is 9.59 Å². The highest BCUT2D eigenvalue weighted by Crippen LogP contribution is 2.16. The summed E-state index contributed by atoms with van der Waals surface area (Å²) in [7, 11) is 0. The van der Waals surface area contributed by atoms with E-state index in [1.807, 2.05) is 61.5 Å². The second-order valence-corrected chi connectivity index (χ2v) is 6.64. The highest BCUT2D eigenvalue weighted by atomic mass is 16.2. The van der Waals surface area contributed by atoms with Gasteiger partial charge in [-0.2, -0.15) is 0 Å². The minimum Gasteiger partial charge on any atom is -0.376 e. The second kappa shape index (κ2) is 11.0. The third-order valence-electron chi connectivity index (χ3n) is 4.28. The monoisotopic (exact) mass is 367 g/mol. The van der Waals surface area contributed by atoms with Gasteiger partial charge in [-0.05, 0) is 37.1 Å². The summed E-state index contributed by atoms with van der Waals surface area (Å²) in [5.74, 6) is -0.0598. The number of hydrogen-bond donors (Lipinski definition) is 3. The Morgan fingerprint density at radius 2 is 1.67 bits per heavy atom. The first-order valence-electron chi connectivity index (χ1n) is 9.56. The fourth-order valence-electron chi connectivity index (χ4n) is 2.77. The van der Waals surface area contributed by atoms with Gasteiger partial charge in [0.25, 0.3) is 0 Å². The van der Waals surface area contributed by atoms with Crippen LogP contribution in [-0.2, 0) is 9.59 Å². The van der Waals surface area contributed by atoms with Gasteiger partial charge in [-0.1, -0.05) is 56.2 Å². The van der Waals surface area contributed by atoms with E-state index < -0.39 is 0 Å². The van der Waals surface area contributed by atoms with Crippen molar-refractivity contribution in [3.05, 3.63) is 60.2 Å². The van der Waals surface area contributed by atoms with Crippen molar-refractivity contribution in [3.8, 4) is 0 Å². The zero-order valence-electron chi connectivity index (χ0n) is 16.1. The van der Waals surface area contributed by atoms with E-state index in [1.54, 1.807) is 0 Å². The molecular formula is C22H29N3O2. The smallest absolute Gasteiger partial charge is 0.239 e. The molecule has 2 rings (SSSR count). The second-order valence-electron chi connectivity index (χ2n) is 6.64. The lowest BCUT2D eigenvalue weighted by Crippen LogP contribution is -2.32. The minimum atomic E-state index is -0.0830. The molecule has 0 radical (unpaired) electrons. The number of carbonyl (C=O) groups excluding carboxylic acids is 2. The topological polar surface area (TPSA) is 70.2 Å². The molecule has 27 heavy (non-hydrogen) atoms. The van der Waals surface area contributed by atoms with Gasteiger partial charge in [-0.15, -0.1) is 0 Å². The Kier molecular flexibility index (Phi) is 8.36. The average molecular weight is 367 g/mol.